The van der Waals surface area contributed by atoms with Gasteiger partial charge in [-0.05, 0) is 41.6 Å². The molecule has 0 unspecified atom stereocenters. The number of ketones is 1. The van der Waals surface area contributed by atoms with Gasteiger partial charge in [0.05, 0.1) is 0 Å². The molecular formula is C15H20O. The van der Waals surface area contributed by atoms with Crippen LogP contribution in [0.1, 0.15) is 27.2 Å². The average molecular weight is 216 g/mol. The molecule has 0 amide bonds. The summed E-state index contributed by atoms with van der Waals surface area (Å²) in [6.07, 6.45) is 8.08. The van der Waals surface area contributed by atoms with Gasteiger partial charge in [-0.2, -0.15) is 0 Å². The summed E-state index contributed by atoms with van der Waals surface area (Å²) in [5.41, 5.74) is 1.13. The van der Waals surface area contributed by atoms with Crippen molar-refractivity contribution in [2.24, 2.45) is 35.5 Å². The first kappa shape index (κ1) is 10.3. The van der Waals surface area contributed by atoms with E-state index in [1.54, 1.807) is 0 Å². The molecule has 0 spiro atoms. The molecular weight excluding hydrogens is 196 g/mol. The SMILES string of the molecule is CC(C)/C=C1\C(=O)[C@@H]2[C@H]([C@@H]1C)[C@H]1C=C[C@@H]2C1. The van der Waals surface area contributed by atoms with Crippen molar-refractivity contribution < 1.29 is 4.79 Å². The first-order valence-electron chi connectivity index (χ1n) is 6.54. The second kappa shape index (κ2) is 3.32. The Morgan fingerprint density at radius 2 is 2.00 bits per heavy atom. The minimum atomic E-state index is 0.329. The van der Waals surface area contributed by atoms with Crippen LogP contribution in [0, 0.1) is 35.5 Å². The van der Waals surface area contributed by atoms with Gasteiger partial charge in [0.2, 0.25) is 0 Å². The fraction of sp³-hybridized carbons (Fsp3) is 0.667. The van der Waals surface area contributed by atoms with Crippen LogP contribution in [0.15, 0.2) is 23.8 Å². The van der Waals surface area contributed by atoms with E-state index in [0.717, 1.165) is 5.57 Å². The Bertz CT molecular complexity index is 388. The van der Waals surface area contributed by atoms with Crippen molar-refractivity contribution in [1.29, 1.82) is 0 Å². The highest BCUT2D eigenvalue weighted by atomic mass is 16.1. The molecule has 0 aliphatic heterocycles. The smallest absolute Gasteiger partial charge is 0.162 e. The minimum absolute atomic E-state index is 0.329. The lowest BCUT2D eigenvalue weighted by Gasteiger charge is -2.21. The monoisotopic (exact) mass is 216 g/mol. The van der Waals surface area contributed by atoms with Crippen molar-refractivity contribution in [3.05, 3.63) is 23.8 Å². The van der Waals surface area contributed by atoms with E-state index in [9.17, 15) is 4.79 Å². The predicted octanol–water partition coefficient (Wildman–Crippen LogP) is 3.23. The van der Waals surface area contributed by atoms with Crippen LogP contribution in [0.3, 0.4) is 0 Å². The normalized spacial score (nSPS) is 47.4. The molecule has 0 heterocycles. The predicted molar refractivity (Wildman–Crippen MR) is 64.8 cm³/mol. The fourth-order valence-corrected chi connectivity index (χ4v) is 4.13. The lowest BCUT2D eigenvalue weighted by Crippen LogP contribution is -2.20. The maximum atomic E-state index is 12.4. The third-order valence-electron chi connectivity index (χ3n) is 4.69. The molecule has 0 N–H and O–H groups in total. The Morgan fingerprint density at radius 3 is 2.62 bits per heavy atom. The fourth-order valence-electron chi connectivity index (χ4n) is 4.13. The van der Waals surface area contributed by atoms with Crippen LogP contribution >= 0.6 is 0 Å². The molecule has 3 rings (SSSR count). The summed E-state index contributed by atoms with van der Waals surface area (Å²) in [6, 6.07) is 0. The summed E-state index contributed by atoms with van der Waals surface area (Å²) in [4.78, 5) is 12.4. The standard InChI is InChI=1S/C15H20O/c1-8(2)6-12-9(3)13-10-4-5-11(7-10)14(13)15(12)16/h4-6,8-11,13-14H,7H2,1-3H3/b12-6-/t9-,10+,11-,13-,14+/m1/s1. The second-order valence-electron chi connectivity index (χ2n) is 6.07. The molecule has 0 radical (unpaired) electrons. The van der Waals surface area contributed by atoms with Crippen molar-refractivity contribution >= 4 is 5.78 Å². The third-order valence-corrected chi connectivity index (χ3v) is 4.69. The van der Waals surface area contributed by atoms with Gasteiger partial charge in [0, 0.05) is 5.92 Å². The van der Waals surface area contributed by atoms with E-state index in [-0.39, 0.29) is 0 Å². The van der Waals surface area contributed by atoms with Crippen LogP contribution < -0.4 is 0 Å². The molecule has 1 nitrogen and oxygen atoms in total. The molecule has 2 bridgehead atoms. The first-order valence-corrected chi connectivity index (χ1v) is 6.54. The summed E-state index contributed by atoms with van der Waals surface area (Å²) in [5.74, 6) is 3.63. The zero-order chi connectivity index (χ0) is 11.4. The number of allylic oxidation sites excluding steroid dienone is 4. The number of carbonyl (C=O) groups is 1. The molecule has 86 valence electrons. The van der Waals surface area contributed by atoms with Gasteiger partial charge in [-0.25, -0.2) is 0 Å². The Hall–Kier alpha value is -0.850. The van der Waals surface area contributed by atoms with Gasteiger partial charge < -0.3 is 0 Å². The number of hydrogen-bond donors (Lipinski definition) is 0. The summed E-state index contributed by atoms with van der Waals surface area (Å²) < 4.78 is 0. The van der Waals surface area contributed by atoms with Crippen molar-refractivity contribution in [3.63, 3.8) is 0 Å². The number of Topliss-reactive ketones (excluding diaryl/α,β-unsaturated/α-hetero) is 1. The Labute approximate surface area is 97.6 Å². The summed E-state index contributed by atoms with van der Waals surface area (Å²) in [5, 5.41) is 0. The van der Waals surface area contributed by atoms with Crippen molar-refractivity contribution in [1.82, 2.24) is 0 Å². The lowest BCUT2D eigenvalue weighted by atomic mass is 9.81. The summed E-state index contributed by atoms with van der Waals surface area (Å²) in [6.45, 7) is 6.58. The number of rotatable bonds is 1. The maximum absolute atomic E-state index is 12.4. The zero-order valence-corrected chi connectivity index (χ0v) is 10.3. The quantitative estimate of drug-likeness (QED) is 0.486. The third kappa shape index (κ3) is 1.20. The molecule has 5 atom stereocenters. The molecule has 2 saturated carbocycles. The number of hydrogen-bond acceptors (Lipinski definition) is 1. The summed E-state index contributed by atoms with van der Waals surface area (Å²) >= 11 is 0. The zero-order valence-electron chi connectivity index (χ0n) is 10.3. The van der Waals surface area contributed by atoms with Crippen molar-refractivity contribution in [2.45, 2.75) is 27.2 Å². The number of carbonyl (C=O) groups excluding carboxylic acids is 1. The van der Waals surface area contributed by atoms with Gasteiger partial charge in [0.15, 0.2) is 5.78 Å². The van der Waals surface area contributed by atoms with Crippen LogP contribution in [0.4, 0.5) is 0 Å². The van der Waals surface area contributed by atoms with Crippen molar-refractivity contribution in [3.8, 4) is 0 Å². The molecule has 3 aliphatic carbocycles. The Kier molecular flexibility index (Phi) is 2.14. The van der Waals surface area contributed by atoms with Crippen LogP contribution in [-0.2, 0) is 4.79 Å². The van der Waals surface area contributed by atoms with Crippen LogP contribution in [0.2, 0.25) is 0 Å². The molecule has 0 aromatic rings. The van der Waals surface area contributed by atoms with Crippen LogP contribution in [-0.4, -0.2) is 5.78 Å². The molecule has 0 saturated heterocycles. The van der Waals surface area contributed by atoms with Gasteiger partial charge in [-0.1, -0.05) is 39.0 Å². The van der Waals surface area contributed by atoms with E-state index in [4.69, 9.17) is 0 Å². The highest BCUT2D eigenvalue weighted by Gasteiger charge is 2.56. The van der Waals surface area contributed by atoms with E-state index >= 15 is 0 Å². The van der Waals surface area contributed by atoms with Gasteiger partial charge in [-0.15, -0.1) is 0 Å². The highest BCUT2D eigenvalue weighted by molar-refractivity contribution is 6.01. The van der Waals surface area contributed by atoms with Crippen LogP contribution in [0.5, 0.6) is 0 Å². The maximum Gasteiger partial charge on any atom is 0.162 e. The van der Waals surface area contributed by atoms with Gasteiger partial charge in [0.1, 0.15) is 0 Å². The van der Waals surface area contributed by atoms with Crippen LogP contribution in [0.25, 0.3) is 0 Å². The molecule has 1 heteroatoms. The van der Waals surface area contributed by atoms with E-state index in [2.05, 4.69) is 39.0 Å². The Balaban J connectivity index is 1.97. The molecule has 3 aliphatic rings. The first-order chi connectivity index (χ1) is 7.59. The van der Waals surface area contributed by atoms with Gasteiger partial charge in [-0.3, -0.25) is 4.79 Å². The highest BCUT2D eigenvalue weighted by Crippen LogP contribution is 2.57. The van der Waals surface area contributed by atoms with E-state index in [1.807, 2.05) is 0 Å². The van der Waals surface area contributed by atoms with E-state index < -0.39 is 0 Å². The lowest BCUT2D eigenvalue weighted by molar-refractivity contribution is -0.119. The molecule has 0 aromatic heterocycles. The average Bonchev–Trinajstić information content (AvgIpc) is 2.87. The van der Waals surface area contributed by atoms with Crippen molar-refractivity contribution in [2.75, 3.05) is 0 Å². The Morgan fingerprint density at radius 1 is 1.31 bits per heavy atom. The largest absolute Gasteiger partial charge is 0.294 e. The van der Waals surface area contributed by atoms with Gasteiger partial charge >= 0.3 is 0 Å². The summed E-state index contributed by atoms with van der Waals surface area (Å²) in [7, 11) is 0. The minimum Gasteiger partial charge on any atom is -0.294 e. The van der Waals surface area contributed by atoms with E-state index in [0.29, 0.717) is 41.3 Å². The molecule has 16 heavy (non-hydrogen) atoms. The topological polar surface area (TPSA) is 17.1 Å². The molecule has 0 aromatic carbocycles. The molecule has 2 fully saturated rings. The van der Waals surface area contributed by atoms with E-state index in [1.165, 1.54) is 6.42 Å². The second-order valence-corrected chi connectivity index (χ2v) is 6.07. The number of fused-ring (bicyclic) bond motifs is 5. The van der Waals surface area contributed by atoms with Gasteiger partial charge in [0.25, 0.3) is 0 Å².